The predicted molar refractivity (Wildman–Crippen MR) is 182 cm³/mol. The second kappa shape index (κ2) is 21.0. The standard InChI is InChI=1S/C39H56O4/c1-4-6-7-8-9-10-11-12-13-14-15-16-17-18-19-22-27-41-30-35(43-38(40)5-2)31-42-39-36-24-21-20-23-33(36)29-34-26-25-32(3)28-37(34)39/h5,20-21,23-26,28-29,35H,2,4,6-19,22,27,30-31H2,1,3H3. The van der Waals surface area contributed by atoms with Crippen molar-refractivity contribution in [2.75, 3.05) is 19.8 Å². The summed E-state index contributed by atoms with van der Waals surface area (Å²) in [6.45, 7) is 9.10. The van der Waals surface area contributed by atoms with Crippen LogP contribution in [-0.4, -0.2) is 31.9 Å². The van der Waals surface area contributed by atoms with Crippen LogP contribution in [-0.2, 0) is 14.3 Å². The van der Waals surface area contributed by atoms with E-state index in [0.717, 1.165) is 33.7 Å². The maximum absolute atomic E-state index is 12.0. The van der Waals surface area contributed by atoms with Crippen LogP contribution in [0.1, 0.15) is 115 Å². The fourth-order valence-corrected chi connectivity index (χ4v) is 5.76. The molecular formula is C39H56O4. The van der Waals surface area contributed by atoms with E-state index >= 15 is 0 Å². The van der Waals surface area contributed by atoms with Crippen LogP contribution in [0.25, 0.3) is 21.5 Å². The fraction of sp³-hybridized carbons (Fsp3) is 0.564. The maximum Gasteiger partial charge on any atom is 0.330 e. The number of benzene rings is 3. The summed E-state index contributed by atoms with van der Waals surface area (Å²) < 4.78 is 17.9. The normalized spacial score (nSPS) is 12.0. The molecule has 0 bridgehead atoms. The van der Waals surface area contributed by atoms with E-state index in [1.165, 1.54) is 108 Å². The van der Waals surface area contributed by atoms with E-state index in [1.54, 1.807) is 0 Å². The molecule has 0 aromatic heterocycles. The Morgan fingerprint density at radius 2 is 1.30 bits per heavy atom. The fourth-order valence-electron chi connectivity index (χ4n) is 5.76. The molecule has 0 spiro atoms. The zero-order valence-corrected chi connectivity index (χ0v) is 27.0. The van der Waals surface area contributed by atoms with Crippen LogP contribution in [0.5, 0.6) is 5.75 Å². The molecule has 0 saturated carbocycles. The van der Waals surface area contributed by atoms with Crippen LogP contribution in [0, 0.1) is 6.92 Å². The Labute approximate surface area is 261 Å². The second-order valence-electron chi connectivity index (χ2n) is 12.1. The first-order valence-electron chi connectivity index (χ1n) is 17.1. The summed E-state index contributed by atoms with van der Waals surface area (Å²) in [7, 11) is 0. The number of hydrogen-bond acceptors (Lipinski definition) is 4. The quantitative estimate of drug-likeness (QED) is 0.0452. The summed E-state index contributed by atoms with van der Waals surface area (Å²) in [6.07, 6.45) is 22.2. The van der Waals surface area contributed by atoms with Crippen molar-refractivity contribution in [2.24, 2.45) is 0 Å². The molecule has 1 atom stereocenters. The molecule has 3 rings (SSSR count). The van der Waals surface area contributed by atoms with Crippen molar-refractivity contribution in [3.8, 4) is 5.75 Å². The van der Waals surface area contributed by atoms with Crippen molar-refractivity contribution in [1.82, 2.24) is 0 Å². The molecule has 4 heteroatoms. The molecule has 0 heterocycles. The van der Waals surface area contributed by atoms with E-state index in [1.807, 2.05) is 12.1 Å². The molecule has 43 heavy (non-hydrogen) atoms. The van der Waals surface area contributed by atoms with Crippen molar-refractivity contribution < 1.29 is 19.0 Å². The number of carbonyl (C=O) groups excluding carboxylic acids is 1. The monoisotopic (exact) mass is 588 g/mol. The van der Waals surface area contributed by atoms with E-state index in [-0.39, 0.29) is 6.61 Å². The molecule has 0 N–H and O–H groups in total. The molecule has 236 valence electrons. The van der Waals surface area contributed by atoms with Gasteiger partial charge < -0.3 is 14.2 Å². The van der Waals surface area contributed by atoms with Gasteiger partial charge in [0.1, 0.15) is 12.4 Å². The number of ether oxygens (including phenoxy) is 3. The average molecular weight is 589 g/mol. The average Bonchev–Trinajstić information content (AvgIpc) is 3.02. The Hall–Kier alpha value is -2.85. The summed E-state index contributed by atoms with van der Waals surface area (Å²) in [5.41, 5.74) is 1.17. The Kier molecular flexibility index (Phi) is 16.9. The molecule has 1 unspecified atom stereocenters. The number of esters is 1. The number of carbonyl (C=O) groups is 1. The van der Waals surface area contributed by atoms with Gasteiger partial charge in [-0.15, -0.1) is 0 Å². The minimum absolute atomic E-state index is 0.218. The van der Waals surface area contributed by atoms with E-state index in [2.05, 4.69) is 56.8 Å². The highest BCUT2D eigenvalue weighted by Crippen LogP contribution is 2.35. The Morgan fingerprint density at radius 1 is 0.721 bits per heavy atom. The van der Waals surface area contributed by atoms with Crippen molar-refractivity contribution in [3.63, 3.8) is 0 Å². The van der Waals surface area contributed by atoms with Crippen LogP contribution in [0.2, 0.25) is 0 Å². The highest BCUT2D eigenvalue weighted by Gasteiger charge is 2.17. The van der Waals surface area contributed by atoms with Gasteiger partial charge in [0.05, 0.1) is 6.61 Å². The Balaban J connectivity index is 1.32. The Bertz CT molecular complexity index is 1220. The topological polar surface area (TPSA) is 44.8 Å². The van der Waals surface area contributed by atoms with Crippen molar-refractivity contribution in [3.05, 3.63) is 66.7 Å². The van der Waals surface area contributed by atoms with Crippen LogP contribution >= 0.6 is 0 Å². The third-order valence-corrected chi connectivity index (χ3v) is 8.28. The van der Waals surface area contributed by atoms with Gasteiger partial charge >= 0.3 is 5.97 Å². The van der Waals surface area contributed by atoms with Gasteiger partial charge in [0.25, 0.3) is 0 Å². The second-order valence-corrected chi connectivity index (χ2v) is 12.1. The molecule has 0 radical (unpaired) electrons. The number of fused-ring (bicyclic) bond motifs is 2. The number of hydrogen-bond donors (Lipinski definition) is 0. The third kappa shape index (κ3) is 13.1. The zero-order chi connectivity index (χ0) is 30.5. The number of aryl methyl sites for hydroxylation is 1. The molecule has 3 aromatic carbocycles. The van der Waals surface area contributed by atoms with Gasteiger partial charge in [-0.3, -0.25) is 0 Å². The molecule has 0 saturated heterocycles. The molecule has 3 aromatic rings. The molecule has 0 fully saturated rings. The highest BCUT2D eigenvalue weighted by molar-refractivity contribution is 6.05. The van der Waals surface area contributed by atoms with Crippen molar-refractivity contribution in [1.29, 1.82) is 0 Å². The lowest BCUT2D eigenvalue weighted by Gasteiger charge is -2.20. The van der Waals surface area contributed by atoms with Gasteiger partial charge in [0.2, 0.25) is 0 Å². The lowest BCUT2D eigenvalue weighted by Crippen LogP contribution is -2.29. The van der Waals surface area contributed by atoms with Gasteiger partial charge in [0.15, 0.2) is 6.10 Å². The molecule has 0 aliphatic heterocycles. The van der Waals surface area contributed by atoms with E-state index < -0.39 is 12.1 Å². The van der Waals surface area contributed by atoms with E-state index in [9.17, 15) is 4.79 Å². The summed E-state index contributed by atoms with van der Waals surface area (Å²) in [5.74, 6) is 0.354. The van der Waals surface area contributed by atoms with Crippen LogP contribution in [0.4, 0.5) is 0 Å². The largest absolute Gasteiger partial charge is 0.488 e. The van der Waals surface area contributed by atoms with Gasteiger partial charge in [-0.1, -0.05) is 152 Å². The van der Waals surface area contributed by atoms with Crippen molar-refractivity contribution >= 4 is 27.5 Å². The SMILES string of the molecule is C=CC(=O)OC(COCCCCCCCCCCCCCCCCCC)COc1c2ccccc2cc2ccc(C)cc12. The molecule has 0 aliphatic rings. The predicted octanol–water partition coefficient (Wildman–Crippen LogP) is 11.1. The highest BCUT2D eigenvalue weighted by atomic mass is 16.6. The molecule has 0 aliphatic carbocycles. The summed E-state index contributed by atoms with van der Waals surface area (Å²) in [6, 6.07) is 16.8. The number of unbranched alkanes of at least 4 members (excludes halogenated alkanes) is 15. The van der Waals surface area contributed by atoms with Gasteiger partial charge in [0, 0.05) is 23.5 Å². The van der Waals surface area contributed by atoms with Crippen molar-refractivity contribution in [2.45, 2.75) is 123 Å². The summed E-state index contributed by atoms with van der Waals surface area (Å²) in [4.78, 5) is 12.0. The van der Waals surface area contributed by atoms with Gasteiger partial charge in [-0.05, 0) is 36.2 Å². The molecular weight excluding hydrogens is 532 g/mol. The summed E-state index contributed by atoms with van der Waals surface area (Å²) >= 11 is 0. The smallest absolute Gasteiger partial charge is 0.330 e. The summed E-state index contributed by atoms with van der Waals surface area (Å²) in [5, 5.41) is 4.34. The first kappa shape index (κ1) is 34.6. The number of rotatable bonds is 24. The zero-order valence-electron chi connectivity index (χ0n) is 27.0. The lowest BCUT2D eigenvalue weighted by molar-refractivity contribution is -0.148. The minimum atomic E-state index is -0.509. The lowest BCUT2D eigenvalue weighted by atomic mass is 10.0. The maximum atomic E-state index is 12.0. The minimum Gasteiger partial charge on any atom is -0.488 e. The van der Waals surface area contributed by atoms with E-state index in [4.69, 9.17) is 14.2 Å². The van der Waals surface area contributed by atoms with Gasteiger partial charge in [-0.2, -0.15) is 0 Å². The van der Waals surface area contributed by atoms with E-state index in [0.29, 0.717) is 13.2 Å². The van der Waals surface area contributed by atoms with Gasteiger partial charge in [-0.25, -0.2) is 4.79 Å². The Morgan fingerprint density at radius 3 is 1.93 bits per heavy atom. The van der Waals surface area contributed by atoms with Crippen LogP contribution < -0.4 is 4.74 Å². The molecule has 4 nitrogen and oxygen atoms in total. The first-order chi connectivity index (χ1) is 21.1. The third-order valence-electron chi connectivity index (χ3n) is 8.28. The van der Waals surface area contributed by atoms with Crippen LogP contribution in [0.15, 0.2) is 61.2 Å². The first-order valence-corrected chi connectivity index (χ1v) is 17.1. The molecule has 0 amide bonds. The van der Waals surface area contributed by atoms with Crippen LogP contribution in [0.3, 0.4) is 0 Å².